The quantitative estimate of drug-likeness (QED) is 0.841. The summed E-state index contributed by atoms with van der Waals surface area (Å²) in [6, 6.07) is 0.197. The SMILES string of the molecule is O=C(O)CCN1CCN(C(=O)N2CC3CCCC3C2)CC1. The minimum Gasteiger partial charge on any atom is -0.481 e. The summed E-state index contributed by atoms with van der Waals surface area (Å²) in [6.07, 6.45) is 4.10. The molecule has 1 N–H and O–H groups in total. The molecule has 0 radical (unpaired) electrons. The molecule has 0 aromatic heterocycles. The van der Waals surface area contributed by atoms with Gasteiger partial charge in [0, 0.05) is 45.8 Å². The number of amides is 2. The second kappa shape index (κ2) is 6.22. The summed E-state index contributed by atoms with van der Waals surface area (Å²) < 4.78 is 0. The molecule has 2 amide bonds. The molecule has 2 unspecified atom stereocenters. The molecule has 2 aliphatic heterocycles. The molecular weight excluding hydrogens is 270 g/mol. The number of aliphatic carboxylic acids is 1. The molecule has 0 aromatic rings. The Morgan fingerprint density at radius 2 is 1.57 bits per heavy atom. The van der Waals surface area contributed by atoms with E-state index >= 15 is 0 Å². The first-order valence-electron chi connectivity index (χ1n) is 8.11. The van der Waals surface area contributed by atoms with Gasteiger partial charge in [-0.15, -0.1) is 0 Å². The maximum absolute atomic E-state index is 12.5. The van der Waals surface area contributed by atoms with Crippen LogP contribution >= 0.6 is 0 Å². The molecular formula is C15H25N3O3. The molecule has 3 aliphatic rings. The zero-order chi connectivity index (χ0) is 14.8. The molecule has 0 bridgehead atoms. The van der Waals surface area contributed by atoms with Crippen molar-refractivity contribution in [3.63, 3.8) is 0 Å². The molecule has 1 saturated carbocycles. The first-order valence-corrected chi connectivity index (χ1v) is 8.11. The van der Waals surface area contributed by atoms with Crippen LogP contribution in [0.1, 0.15) is 25.7 Å². The largest absolute Gasteiger partial charge is 0.481 e. The van der Waals surface area contributed by atoms with Crippen LogP contribution in [0, 0.1) is 11.8 Å². The van der Waals surface area contributed by atoms with Gasteiger partial charge >= 0.3 is 12.0 Å². The highest BCUT2D eigenvalue weighted by Gasteiger charge is 2.39. The van der Waals surface area contributed by atoms with Gasteiger partial charge in [-0.25, -0.2) is 4.79 Å². The van der Waals surface area contributed by atoms with Gasteiger partial charge in [-0.05, 0) is 24.7 Å². The van der Waals surface area contributed by atoms with Crippen LogP contribution in [-0.4, -0.2) is 77.6 Å². The van der Waals surface area contributed by atoms with Gasteiger partial charge in [-0.1, -0.05) is 6.42 Å². The average Bonchev–Trinajstić information content (AvgIpc) is 3.06. The minimum absolute atomic E-state index is 0.184. The lowest BCUT2D eigenvalue weighted by Gasteiger charge is -2.36. The second-order valence-electron chi connectivity index (χ2n) is 6.61. The topological polar surface area (TPSA) is 64.1 Å². The van der Waals surface area contributed by atoms with Crippen molar-refractivity contribution in [2.45, 2.75) is 25.7 Å². The summed E-state index contributed by atoms with van der Waals surface area (Å²) >= 11 is 0. The van der Waals surface area contributed by atoms with E-state index in [1.807, 2.05) is 9.80 Å². The van der Waals surface area contributed by atoms with E-state index in [1.165, 1.54) is 19.3 Å². The van der Waals surface area contributed by atoms with Gasteiger partial charge in [0.1, 0.15) is 0 Å². The van der Waals surface area contributed by atoms with Crippen LogP contribution in [-0.2, 0) is 4.79 Å². The van der Waals surface area contributed by atoms with Gasteiger partial charge in [0.2, 0.25) is 0 Å². The van der Waals surface area contributed by atoms with Crippen molar-refractivity contribution in [1.29, 1.82) is 0 Å². The molecule has 118 valence electrons. The number of rotatable bonds is 3. The van der Waals surface area contributed by atoms with E-state index in [4.69, 9.17) is 5.11 Å². The number of nitrogens with zero attached hydrogens (tertiary/aromatic N) is 3. The third-order valence-corrected chi connectivity index (χ3v) is 5.28. The number of fused-ring (bicyclic) bond motifs is 1. The summed E-state index contributed by atoms with van der Waals surface area (Å²) in [7, 11) is 0. The van der Waals surface area contributed by atoms with E-state index in [2.05, 4.69) is 4.90 Å². The average molecular weight is 295 g/mol. The zero-order valence-corrected chi connectivity index (χ0v) is 12.5. The Kier molecular flexibility index (Phi) is 4.33. The predicted octanol–water partition coefficient (Wildman–Crippen LogP) is 0.931. The van der Waals surface area contributed by atoms with Crippen molar-refractivity contribution < 1.29 is 14.7 Å². The summed E-state index contributed by atoms with van der Waals surface area (Å²) in [5.41, 5.74) is 0. The minimum atomic E-state index is -0.753. The number of piperazine rings is 1. The van der Waals surface area contributed by atoms with Crippen molar-refractivity contribution in [3.05, 3.63) is 0 Å². The zero-order valence-electron chi connectivity index (χ0n) is 12.5. The Morgan fingerprint density at radius 1 is 0.952 bits per heavy atom. The maximum atomic E-state index is 12.5. The molecule has 2 heterocycles. The van der Waals surface area contributed by atoms with E-state index in [1.54, 1.807) is 0 Å². The fourth-order valence-electron chi connectivity index (χ4n) is 4.01. The Labute approximate surface area is 125 Å². The molecule has 6 heteroatoms. The van der Waals surface area contributed by atoms with Crippen LogP contribution in [0.25, 0.3) is 0 Å². The van der Waals surface area contributed by atoms with Crippen LogP contribution in [0.4, 0.5) is 4.79 Å². The standard InChI is InChI=1S/C15H25N3O3/c19-14(20)4-5-16-6-8-17(9-7-16)15(21)18-10-12-2-1-3-13(12)11-18/h12-13H,1-11H2,(H,19,20). The molecule has 3 rings (SSSR count). The third-order valence-electron chi connectivity index (χ3n) is 5.28. The van der Waals surface area contributed by atoms with Gasteiger partial charge in [0.25, 0.3) is 0 Å². The smallest absolute Gasteiger partial charge is 0.320 e. The van der Waals surface area contributed by atoms with E-state index in [9.17, 15) is 9.59 Å². The number of likely N-dealkylation sites (tertiary alicyclic amines) is 1. The van der Waals surface area contributed by atoms with Crippen LogP contribution in [0.2, 0.25) is 0 Å². The molecule has 6 nitrogen and oxygen atoms in total. The molecule has 0 spiro atoms. The summed E-state index contributed by atoms with van der Waals surface area (Å²) in [5.74, 6) is 0.730. The Hall–Kier alpha value is -1.30. The number of urea groups is 1. The highest BCUT2D eigenvalue weighted by Crippen LogP contribution is 2.38. The number of carboxylic acid groups (broad SMARTS) is 1. The Morgan fingerprint density at radius 3 is 2.14 bits per heavy atom. The second-order valence-corrected chi connectivity index (χ2v) is 6.61. The molecule has 2 saturated heterocycles. The van der Waals surface area contributed by atoms with E-state index in [0.717, 1.165) is 51.1 Å². The van der Waals surface area contributed by atoms with Gasteiger partial charge in [-0.2, -0.15) is 0 Å². The molecule has 1 aliphatic carbocycles. The van der Waals surface area contributed by atoms with Gasteiger partial charge < -0.3 is 14.9 Å². The van der Waals surface area contributed by atoms with Crippen molar-refractivity contribution >= 4 is 12.0 Å². The lowest BCUT2D eigenvalue weighted by molar-refractivity contribution is -0.137. The van der Waals surface area contributed by atoms with Gasteiger partial charge in [0.05, 0.1) is 6.42 Å². The van der Waals surface area contributed by atoms with Crippen molar-refractivity contribution in [2.75, 3.05) is 45.8 Å². The highest BCUT2D eigenvalue weighted by molar-refractivity contribution is 5.75. The van der Waals surface area contributed by atoms with E-state index in [-0.39, 0.29) is 12.5 Å². The lowest BCUT2D eigenvalue weighted by Crippen LogP contribution is -2.52. The van der Waals surface area contributed by atoms with E-state index in [0.29, 0.717) is 6.54 Å². The summed E-state index contributed by atoms with van der Waals surface area (Å²) in [5, 5.41) is 8.71. The maximum Gasteiger partial charge on any atom is 0.320 e. The predicted molar refractivity (Wildman–Crippen MR) is 78.1 cm³/mol. The van der Waals surface area contributed by atoms with Crippen LogP contribution in [0.3, 0.4) is 0 Å². The molecule has 2 atom stereocenters. The van der Waals surface area contributed by atoms with Crippen LogP contribution in [0.15, 0.2) is 0 Å². The third kappa shape index (κ3) is 3.31. The monoisotopic (exact) mass is 295 g/mol. The molecule has 3 fully saturated rings. The molecule has 21 heavy (non-hydrogen) atoms. The normalized spacial score (nSPS) is 29.7. The summed E-state index contributed by atoms with van der Waals surface area (Å²) in [4.78, 5) is 29.3. The van der Waals surface area contributed by atoms with Gasteiger partial charge in [-0.3, -0.25) is 9.69 Å². The van der Waals surface area contributed by atoms with Crippen molar-refractivity contribution in [3.8, 4) is 0 Å². The van der Waals surface area contributed by atoms with Crippen molar-refractivity contribution in [1.82, 2.24) is 14.7 Å². The first kappa shape index (κ1) is 14.6. The van der Waals surface area contributed by atoms with E-state index < -0.39 is 5.97 Å². The number of hydrogen-bond acceptors (Lipinski definition) is 3. The highest BCUT2D eigenvalue weighted by atomic mass is 16.4. The van der Waals surface area contributed by atoms with Crippen LogP contribution in [0.5, 0.6) is 0 Å². The number of hydrogen-bond donors (Lipinski definition) is 1. The number of carboxylic acids is 1. The number of carbonyl (C=O) groups excluding carboxylic acids is 1. The summed E-state index contributed by atoms with van der Waals surface area (Å²) in [6.45, 7) is 5.52. The fraction of sp³-hybridized carbons (Fsp3) is 0.867. The lowest BCUT2D eigenvalue weighted by atomic mass is 10.0. The number of carbonyl (C=O) groups is 2. The Bertz CT molecular complexity index is 395. The van der Waals surface area contributed by atoms with Crippen LogP contribution < -0.4 is 0 Å². The fourth-order valence-corrected chi connectivity index (χ4v) is 4.01. The molecule has 0 aromatic carbocycles. The van der Waals surface area contributed by atoms with Gasteiger partial charge in [0.15, 0.2) is 0 Å². The first-order chi connectivity index (χ1) is 10.1. The Balaban J connectivity index is 1.44. The van der Waals surface area contributed by atoms with Crippen molar-refractivity contribution in [2.24, 2.45) is 11.8 Å².